The molecule has 2 aromatic carbocycles. The summed E-state index contributed by atoms with van der Waals surface area (Å²) >= 11 is 0. The van der Waals surface area contributed by atoms with Crippen LogP contribution in [0.4, 0.5) is 13.2 Å². The van der Waals surface area contributed by atoms with Crippen molar-refractivity contribution in [1.82, 2.24) is 19.9 Å². The highest BCUT2D eigenvalue weighted by Crippen LogP contribution is 2.31. The van der Waals surface area contributed by atoms with Crippen LogP contribution < -0.4 is 10.0 Å². The molecule has 1 aromatic heterocycles. The number of hydrogen-bond donors (Lipinski definition) is 3. The zero-order valence-corrected chi connectivity index (χ0v) is 21.8. The van der Waals surface area contributed by atoms with E-state index in [0.717, 1.165) is 22.2 Å². The number of nitrogens with one attached hydrogen (secondary N) is 3. The molecule has 204 valence electrons. The van der Waals surface area contributed by atoms with Crippen molar-refractivity contribution in [2.75, 3.05) is 19.6 Å². The monoisotopic (exact) mass is 548 g/mol. The van der Waals surface area contributed by atoms with Crippen molar-refractivity contribution >= 4 is 26.8 Å². The van der Waals surface area contributed by atoms with E-state index in [4.69, 9.17) is 0 Å². The van der Waals surface area contributed by atoms with E-state index in [-0.39, 0.29) is 36.5 Å². The Hall–Kier alpha value is -2.89. The Bertz CT molecular complexity index is 1430. The first kappa shape index (κ1) is 26.7. The number of alkyl halides is 3. The van der Waals surface area contributed by atoms with Gasteiger partial charge in [0.25, 0.3) is 0 Å². The van der Waals surface area contributed by atoms with E-state index >= 15 is 0 Å². The number of piperazine rings is 1. The smallest absolute Gasteiger partial charge is 0.354 e. The van der Waals surface area contributed by atoms with Gasteiger partial charge in [-0.1, -0.05) is 30.3 Å². The topological polar surface area (TPSA) is 94.3 Å². The predicted molar refractivity (Wildman–Crippen MR) is 139 cm³/mol. The number of carbonyl (C=O) groups excluding carboxylic acids is 1. The first-order chi connectivity index (χ1) is 18.0. The van der Waals surface area contributed by atoms with Crippen LogP contribution in [0.5, 0.6) is 0 Å². The molecule has 3 aromatic rings. The quantitative estimate of drug-likeness (QED) is 0.442. The highest BCUT2D eigenvalue weighted by Gasteiger charge is 2.43. The van der Waals surface area contributed by atoms with Gasteiger partial charge in [0.15, 0.2) is 0 Å². The number of amides is 1. The maximum atomic E-state index is 13.2. The first-order valence-corrected chi connectivity index (χ1v) is 14.3. The number of benzene rings is 2. The fourth-order valence-corrected chi connectivity index (χ4v) is 6.80. The Kier molecular flexibility index (Phi) is 7.27. The molecule has 0 bridgehead atoms. The number of nitrogens with zero attached hydrogens (tertiary/aromatic N) is 1. The Morgan fingerprint density at radius 3 is 2.50 bits per heavy atom. The number of aromatic nitrogens is 1. The van der Waals surface area contributed by atoms with Crippen LogP contribution in [0.3, 0.4) is 0 Å². The summed E-state index contributed by atoms with van der Waals surface area (Å²) in [5.74, 6) is -0.665. The van der Waals surface area contributed by atoms with Crippen molar-refractivity contribution in [3.05, 3.63) is 54.1 Å². The molecule has 0 unspecified atom stereocenters. The molecule has 7 nitrogen and oxygen atoms in total. The molecular formula is C27H31F3N4O3S. The first-order valence-electron chi connectivity index (χ1n) is 12.8. The third-order valence-corrected chi connectivity index (χ3v) is 9.14. The van der Waals surface area contributed by atoms with Crippen molar-refractivity contribution in [1.29, 1.82) is 0 Å². The lowest BCUT2D eigenvalue weighted by Gasteiger charge is -2.38. The molecular weight excluding hydrogens is 517 g/mol. The zero-order chi connectivity index (χ0) is 27.1. The zero-order valence-electron chi connectivity index (χ0n) is 21.0. The van der Waals surface area contributed by atoms with Gasteiger partial charge in [-0.15, -0.1) is 0 Å². The molecule has 1 saturated heterocycles. The summed E-state index contributed by atoms with van der Waals surface area (Å²) in [5.41, 5.74) is 3.79. The lowest BCUT2D eigenvalue weighted by Crippen LogP contribution is -2.59. The Morgan fingerprint density at radius 1 is 1.05 bits per heavy atom. The molecule has 2 heterocycles. The lowest BCUT2D eigenvalue weighted by molar-refractivity contribution is -0.169. The summed E-state index contributed by atoms with van der Waals surface area (Å²) < 4.78 is 68.3. The van der Waals surface area contributed by atoms with Gasteiger partial charge in [-0.3, -0.25) is 4.79 Å². The minimum Gasteiger partial charge on any atom is -0.354 e. The number of carbonyl (C=O) groups is 1. The van der Waals surface area contributed by atoms with Crippen LogP contribution in [0.2, 0.25) is 0 Å². The van der Waals surface area contributed by atoms with E-state index in [9.17, 15) is 26.4 Å². The number of halogens is 3. The maximum absolute atomic E-state index is 13.2. The standard InChI is InChI=1S/C27H31F3N4O3S/c1-17-4-2-3-5-22(17)24-14-19-8-11-21(15-23(19)32-24)38(36,37)33-20-9-6-18(7-10-20)26(35)34-13-12-31-25(16-34)27(28,29)30/h2-5,8,11,14-15,18,20,25,31-33H,6-7,9-10,12-13,16H2,1H3/t18?,20?,25-/m1/s1. The summed E-state index contributed by atoms with van der Waals surface area (Å²) in [6.45, 7) is 1.97. The summed E-state index contributed by atoms with van der Waals surface area (Å²) in [6, 6.07) is 12.9. The van der Waals surface area contributed by atoms with Gasteiger partial charge >= 0.3 is 6.18 Å². The number of hydrogen-bond acceptors (Lipinski definition) is 4. The summed E-state index contributed by atoms with van der Waals surface area (Å²) in [7, 11) is -3.80. The van der Waals surface area contributed by atoms with Crippen molar-refractivity contribution in [3.8, 4) is 11.3 Å². The molecule has 1 amide bonds. The van der Waals surface area contributed by atoms with Crippen molar-refractivity contribution < 1.29 is 26.4 Å². The fourth-order valence-electron chi connectivity index (χ4n) is 5.47. The van der Waals surface area contributed by atoms with Gasteiger partial charge in [-0.05, 0) is 56.4 Å². The number of aryl methyl sites for hydroxylation is 1. The van der Waals surface area contributed by atoms with Gasteiger partial charge in [-0.25, -0.2) is 13.1 Å². The van der Waals surface area contributed by atoms with Crippen LogP contribution in [0, 0.1) is 12.8 Å². The Labute approximate surface area is 219 Å². The van der Waals surface area contributed by atoms with Gasteiger partial charge in [0.05, 0.1) is 4.90 Å². The molecule has 0 spiro atoms. The minimum atomic E-state index is -4.40. The molecule has 1 aliphatic carbocycles. The molecule has 38 heavy (non-hydrogen) atoms. The molecule has 1 saturated carbocycles. The van der Waals surface area contributed by atoms with Crippen LogP contribution in [-0.2, 0) is 14.8 Å². The highest BCUT2D eigenvalue weighted by atomic mass is 32.2. The van der Waals surface area contributed by atoms with Crippen LogP contribution in [0.15, 0.2) is 53.4 Å². The van der Waals surface area contributed by atoms with Crippen LogP contribution in [-0.4, -0.2) is 62.1 Å². The Balaban J connectivity index is 1.21. The number of fused-ring (bicyclic) bond motifs is 1. The van der Waals surface area contributed by atoms with Gasteiger partial charge in [-0.2, -0.15) is 13.2 Å². The molecule has 3 N–H and O–H groups in total. The van der Waals surface area contributed by atoms with E-state index < -0.39 is 28.2 Å². The second kappa shape index (κ2) is 10.3. The minimum absolute atomic E-state index is 0.0999. The SMILES string of the molecule is Cc1ccccc1-c1cc2ccc(S(=O)(=O)NC3CCC(C(=O)N4CCN[C@@H](C(F)(F)F)C4)CC3)cc2[nH]1. The largest absolute Gasteiger partial charge is 0.405 e. The van der Waals surface area contributed by atoms with E-state index in [2.05, 4.69) is 15.0 Å². The third kappa shape index (κ3) is 5.60. The van der Waals surface area contributed by atoms with Crippen LogP contribution in [0.1, 0.15) is 31.2 Å². The molecule has 2 aliphatic rings. The number of sulfonamides is 1. The summed E-state index contributed by atoms with van der Waals surface area (Å²) in [5, 5.41) is 3.32. The van der Waals surface area contributed by atoms with Crippen molar-refractivity contribution in [2.45, 2.75) is 55.8 Å². The van der Waals surface area contributed by atoms with Crippen LogP contribution >= 0.6 is 0 Å². The van der Waals surface area contributed by atoms with Crippen LogP contribution in [0.25, 0.3) is 22.2 Å². The van der Waals surface area contributed by atoms with Crippen molar-refractivity contribution in [2.24, 2.45) is 5.92 Å². The second-order valence-corrected chi connectivity index (χ2v) is 12.0. The predicted octanol–water partition coefficient (Wildman–Crippen LogP) is 4.34. The number of H-pyrrole nitrogens is 1. The highest BCUT2D eigenvalue weighted by molar-refractivity contribution is 7.89. The molecule has 0 radical (unpaired) electrons. The van der Waals surface area contributed by atoms with Gasteiger partial charge in [0, 0.05) is 53.8 Å². The summed E-state index contributed by atoms with van der Waals surface area (Å²) in [4.78, 5) is 17.6. The molecule has 5 rings (SSSR count). The molecule has 2 fully saturated rings. The number of rotatable bonds is 5. The fraction of sp³-hybridized carbons (Fsp3) is 0.444. The average molecular weight is 549 g/mol. The third-order valence-electron chi connectivity index (χ3n) is 7.62. The normalized spacial score (nSPS) is 23.1. The lowest BCUT2D eigenvalue weighted by atomic mass is 9.85. The van der Waals surface area contributed by atoms with Gasteiger partial charge in [0.1, 0.15) is 6.04 Å². The van der Waals surface area contributed by atoms with E-state index in [1.165, 1.54) is 4.90 Å². The average Bonchev–Trinajstić information content (AvgIpc) is 3.32. The molecule has 1 aliphatic heterocycles. The van der Waals surface area contributed by atoms with E-state index in [0.29, 0.717) is 31.2 Å². The van der Waals surface area contributed by atoms with Gasteiger partial charge in [0.2, 0.25) is 15.9 Å². The van der Waals surface area contributed by atoms with E-state index in [1.807, 2.05) is 37.3 Å². The van der Waals surface area contributed by atoms with Crippen molar-refractivity contribution in [3.63, 3.8) is 0 Å². The second-order valence-electron chi connectivity index (χ2n) is 10.2. The number of aromatic amines is 1. The van der Waals surface area contributed by atoms with Gasteiger partial charge < -0.3 is 15.2 Å². The van der Waals surface area contributed by atoms with E-state index in [1.54, 1.807) is 18.2 Å². The molecule has 1 atom stereocenters. The maximum Gasteiger partial charge on any atom is 0.405 e. The summed E-state index contributed by atoms with van der Waals surface area (Å²) in [6.07, 6.45) is -2.64. The molecule has 11 heteroatoms. The Morgan fingerprint density at radius 2 is 1.79 bits per heavy atom.